The van der Waals surface area contributed by atoms with Crippen LogP contribution in [0.25, 0.3) is 0 Å². The number of hydrogen-bond donors (Lipinski definition) is 0. The molecule has 0 amide bonds. The summed E-state index contributed by atoms with van der Waals surface area (Å²) in [5.74, 6) is 1.85. The highest BCUT2D eigenvalue weighted by molar-refractivity contribution is 5.50. The van der Waals surface area contributed by atoms with Crippen LogP contribution in [-0.2, 0) is 9.47 Å². The lowest BCUT2D eigenvalue weighted by molar-refractivity contribution is 0.0521. The van der Waals surface area contributed by atoms with Crippen LogP contribution in [0, 0.1) is 6.92 Å². The van der Waals surface area contributed by atoms with Crippen LogP contribution < -0.4 is 9.80 Å². The molecule has 2 aliphatic heterocycles. The van der Waals surface area contributed by atoms with Gasteiger partial charge in [-0.1, -0.05) is 0 Å². The van der Waals surface area contributed by atoms with E-state index in [1.165, 1.54) is 0 Å². The number of morpholine rings is 2. The fraction of sp³-hybridized carbons (Fsp3) is 0.733. The minimum Gasteiger partial charge on any atom is -0.375 e. The second-order valence-electron chi connectivity index (χ2n) is 5.93. The minimum absolute atomic E-state index is 0.232. The molecule has 3 heterocycles. The Hall–Kier alpha value is -1.40. The second kappa shape index (κ2) is 6.15. The molecule has 0 radical (unpaired) electrons. The molecule has 2 saturated heterocycles. The van der Waals surface area contributed by atoms with Crippen LogP contribution in [0.4, 0.5) is 11.8 Å². The summed E-state index contributed by atoms with van der Waals surface area (Å²) in [4.78, 5) is 13.8. The van der Waals surface area contributed by atoms with Crippen LogP contribution in [-0.4, -0.2) is 61.6 Å². The average molecular weight is 292 g/mol. The van der Waals surface area contributed by atoms with Crippen molar-refractivity contribution in [3.05, 3.63) is 11.8 Å². The summed E-state index contributed by atoms with van der Waals surface area (Å²) in [5.41, 5.74) is 1.12. The van der Waals surface area contributed by atoms with Crippen molar-refractivity contribution in [3.63, 3.8) is 0 Å². The molecule has 0 saturated carbocycles. The first-order chi connectivity index (χ1) is 10.1. The van der Waals surface area contributed by atoms with Crippen LogP contribution in [0.5, 0.6) is 0 Å². The molecule has 1 aromatic rings. The van der Waals surface area contributed by atoms with Gasteiger partial charge in [0.15, 0.2) is 0 Å². The van der Waals surface area contributed by atoms with Crippen molar-refractivity contribution in [2.75, 3.05) is 49.2 Å². The third-order valence-corrected chi connectivity index (χ3v) is 4.00. The minimum atomic E-state index is 0.232. The molecule has 2 fully saturated rings. The Balaban J connectivity index is 1.82. The number of anilines is 2. The Labute approximate surface area is 126 Å². The van der Waals surface area contributed by atoms with Gasteiger partial charge in [-0.15, -0.1) is 0 Å². The SMILES string of the molecule is Cc1cnc(N2CCO[C@@H](C)C2)nc1N1CCO[C@H](C)C1. The molecule has 2 aliphatic rings. The first-order valence-corrected chi connectivity index (χ1v) is 7.70. The lowest BCUT2D eigenvalue weighted by atomic mass is 10.2. The lowest BCUT2D eigenvalue weighted by Crippen LogP contribution is -2.43. The number of hydrogen-bond acceptors (Lipinski definition) is 6. The number of aryl methyl sites for hydroxylation is 1. The van der Waals surface area contributed by atoms with Crippen LogP contribution in [0.15, 0.2) is 6.20 Å². The maximum Gasteiger partial charge on any atom is 0.227 e. The van der Waals surface area contributed by atoms with Crippen molar-refractivity contribution in [2.24, 2.45) is 0 Å². The van der Waals surface area contributed by atoms with E-state index in [4.69, 9.17) is 14.5 Å². The summed E-state index contributed by atoms with van der Waals surface area (Å²) in [6.07, 6.45) is 2.41. The maximum atomic E-state index is 5.62. The normalized spacial score (nSPS) is 27.0. The Bertz CT molecular complexity index is 497. The van der Waals surface area contributed by atoms with E-state index in [1.807, 2.05) is 6.20 Å². The van der Waals surface area contributed by atoms with Gasteiger partial charge in [0, 0.05) is 37.9 Å². The van der Waals surface area contributed by atoms with Crippen molar-refractivity contribution in [1.82, 2.24) is 9.97 Å². The molecule has 2 atom stereocenters. The molecule has 6 nitrogen and oxygen atoms in total. The summed E-state index contributed by atoms with van der Waals surface area (Å²) >= 11 is 0. The summed E-state index contributed by atoms with van der Waals surface area (Å²) in [6.45, 7) is 11.2. The van der Waals surface area contributed by atoms with Crippen LogP contribution in [0.3, 0.4) is 0 Å². The van der Waals surface area contributed by atoms with Gasteiger partial charge in [0.2, 0.25) is 5.95 Å². The molecule has 0 N–H and O–H groups in total. The van der Waals surface area contributed by atoms with E-state index in [9.17, 15) is 0 Å². The Morgan fingerprint density at radius 1 is 1.05 bits per heavy atom. The van der Waals surface area contributed by atoms with Crippen molar-refractivity contribution in [1.29, 1.82) is 0 Å². The third kappa shape index (κ3) is 3.27. The maximum absolute atomic E-state index is 5.62. The van der Waals surface area contributed by atoms with Gasteiger partial charge >= 0.3 is 0 Å². The number of ether oxygens (including phenoxy) is 2. The van der Waals surface area contributed by atoms with E-state index in [2.05, 4.69) is 35.6 Å². The molecule has 0 spiro atoms. The summed E-state index contributed by atoms with van der Waals surface area (Å²) in [7, 11) is 0. The summed E-state index contributed by atoms with van der Waals surface area (Å²) in [5, 5.41) is 0. The first kappa shape index (κ1) is 14.5. The quantitative estimate of drug-likeness (QED) is 0.817. The molecule has 21 heavy (non-hydrogen) atoms. The molecule has 0 unspecified atom stereocenters. The summed E-state index contributed by atoms with van der Waals surface area (Å²) < 4.78 is 11.2. The largest absolute Gasteiger partial charge is 0.375 e. The number of rotatable bonds is 2. The lowest BCUT2D eigenvalue weighted by Gasteiger charge is -2.34. The molecule has 0 bridgehead atoms. The van der Waals surface area contributed by atoms with Gasteiger partial charge < -0.3 is 19.3 Å². The fourth-order valence-corrected chi connectivity index (χ4v) is 2.91. The Morgan fingerprint density at radius 2 is 1.67 bits per heavy atom. The molecule has 116 valence electrons. The van der Waals surface area contributed by atoms with Crippen LogP contribution >= 0.6 is 0 Å². The molecular formula is C15H24N4O2. The monoisotopic (exact) mass is 292 g/mol. The van der Waals surface area contributed by atoms with E-state index < -0.39 is 0 Å². The van der Waals surface area contributed by atoms with Crippen molar-refractivity contribution in [2.45, 2.75) is 33.0 Å². The Kier molecular flexibility index (Phi) is 4.26. The molecular weight excluding hydrogens is 268 g/mol. The Morgan fingerprint density at radius 3 is 2.33 bits per heavy atom. The zero-order valence-corrected chi connectivity index (χ0v) is 13.1. The standard InChI is InChI=1S/C15H24N4O2/c1-11-8-16-15(19-5-7-21-13(3)10-19)17-14(11)18-4-6-20-12(2)9-18/h8,12-13H,4-7,9-10H2,1-3H3/t12-,13+/m1/s1. The smallest absolute Gasteiger partial charge is 0.227 e. The van der Waals surface area contributed by atoms with E-state index >= 15 is 0 Å². The van der Waals surface area contributed by atoms with Gasteiger partial charge in [-0.05, 0) is 20.8 Å². The summed E-state index contributed by atoms with van der Waals surface area (Å²) in [6, 6.07) is 0. The predicted molar refractivity (Wildman–Crippen MR) is 82.0 cm³/mol. The van der Waals surface area contributed by atoms with Crippen LogP contribution in [0.1, 0.15) is 19.4 Å². The van der Waals surface area contributed by atoms with E-state index in [0.29, 0.717) is 0 Å². The number of aromatic nitrogens is 2. The van der Waals surface area contributed by atoms with Gasteiger partial charge in [0.1, 0.15) is 5.82 Å². The third-order valence-electron chi connectivity index (χ3n) is 4.00. The topological polar surface area (TPSA) is 50.7 Å². The number of nitrogens with zero attached hydrogens (tertiary/aromatic N) is 4. The van der Waals surface area contributed by atoms with Gasteiger partial charge in [-0.3, -0.25) is 0 Å². The predicted octanol–water partition coefficient (Wildman–Crippen LogP) is 1.24. The van der Waals surface area contributed by atoms with Gasteiger partial charge in [0.25, 0.3) is 0 Å². The zero-order valence-electron chi connectivity index (χ0n) is 13.1. The van der Waals surface area contributed by atoms with Gasteiger partial charge in [0.05, 0.1) is 25.4 Å². The molecule has 0 aromatic carbocycles. The molecule has 3 rings (SSSR count). The highest BCUT2D eigenvalue weighted by Gasteiger charge is 2.23. The van der Waals surface area contributed by atoms with Gasteiger partial charge in [-0.25, -0.2) is 4.98 Å². The van der Waals surface area contributed by atoms with Crippen molar-refractivity contribution in [3.8, 4) is 0 Å². The highest BCUT2D eigenvalue weighted by atomic mass is 16.5. The van der Waals surface area contributed by atoms with E-state index in [-0.39, 0.29) is 12.2 Å². The van der Waals surface area contributed by atoms with E-state index in [0.717, 1.165) is 56.7 Å². The molecule has 0 aliphatic carbocycles. The second-order valence-corrected chi connectivity index (χ2v) is 5.93. The van der Waals surface area contributed by atoms with Gasteiger partial charge in [-0.2, -0.15) is 4.98 Å². The van der Waals surface area contributed by atoms with Crippen molar-refractivity contribution < 1.29 is 9.47 Å². The highest BCUT2D eigenvalue weighted by Crippen LogP contribution is 2.23. The van der Waals surface area contributed by atoms with E-state index in [1.54, 1.807) is 0 Å². The fourth-order valence-electron chi connectivity index (χ4n) is 2.91. The molecule has 1 aromatic heterocycles. The zero-order chi connectivity index (χ0) is 14.8. The van der Waals surface area contributed by atoms with Crippen LogP contribution in [0.2, 0.25) is 0 Å². The average Bonchev–Trinajstić information content (AvgIpc) is 2.47. The first-order valence-electron chi connectivity index (χ1n) is 7.70. The van der Waals surface area contributed by atoms with Crippen molar-refractivity contribution >= 4 is 11.8 Å². The molecule has 6 heteroatoms.